The van der Waals surface area contributed by atoms with E-state index in [1.165, 1.54) is 33.4 Å². The molecular weight excluding hydrogens is 587 g/mol. The highest BCUT2D eigenvalue weighted by molar-refractivity contribution is 6.15. The highest BCUT2D eigenvalue weighted by Gasteiger charge is 2.35. The fourth-order valence-corrected chi connectivity index (χ4v) is 7.83. The lowest BCUT2D eigenvalue weighted by atomic mass is 9.82. The van der Waals surface area contributed by atoms with Crippen molar-refractivity contribution in [3.05, 3.63) is 163 Å². The number of para-hydroxylation sites is 1. The third-order valence-electron chi connectivity index (χ3n) is 10.3. The SMILES string of the molecule is CC1(C)c2ccccc2-c2ccc(N(c3ccc(-c4ccccc4)cc3)c3ccc4oc5cc6oc7ccccc7c6cc5c4c3)cc21. The summed E-state index contributed by atoms with van der Waals surface area (Å²) in [7, 11) is 0. The number of rotatable bonds is 4. The van der Waals surface area contributed by atoms with Crippen molar-refractivity contribution in [2.45, 2.75) is 19.3 Å². The van der Waals surface area contributed by atoms with Crippen molar-refractivity contribution in [1.82, 2.24) is 0 Å². The average molecular weight is 618 g/mol. The van der Waals surface area contributed by atoms with Gasteiger partial charge in [0.05, 0.1) is 0 Å². The standard InChI is InChI=1S/C45H31NO2/c1-45(2)39-14-8-6-12-33(39)34-22-20-32(25-40(34)45)46(30-18-16-29(17-19-30)28-10-4-3-5-11-28)31-21-23-42-36(24-31)38-26-37-35-13-7-9-15-41(35)47-43(37)27-44(38)48-42/h3-27H,1-2H3. The molecule has 2 aromatic heterocycles. The molecule has 7 aromatic carbocycles. The maximum absolute atomic E-state index is 6.41. The van der Waals surface area contributed by atoms with Gasteiger partial charge in [0.25, 0.3) is 0 Å². The molecule has 0 spiro atoms. The topological polar surface area (TPSA) is 29.5 Å². The molecule has 48 heavy (non-hydrogen) atoms. The van der Waals surface area contributed by atoms with Gasteiger partial charge in [0.15, 0.2) is 0 Å². The quantitative estimate of drug-likeness (QED) is 0.197. The molecule has 0 bridgehead atoms. The Morgan fingerprint density at radius 1 is 0.396 bits per heavy atom. The van der Waals surface area contributed by atoms with Gasteiger partial charge in [-0.25, -0.2) is 0 Å². The first-order valence-corrected chi connectivity index (χ1v) is 16.5. The van der Waals surface area contributed by atoms with Crippen molar-refractivity contribution in [2.75, 3.05) is 4.90 Å². The summed E-state index contributed by atoms with van der Waals surface area (Å²) >= 11 is 0. The summed E-state index contributed by atoms with van der Waals surface area (Å²) in [6, 6.07) is 54.2. The summed E-state index contributed by atoms with van der Waals surface area (Å²) in [6.45, 7) is 4.68. The van der Waals surface area contributed by atoms with Gasteiger partial charge >= 0.3 is 0 Å². The number of anilines is 3. The Kier molecular flexibility index (Phi) is 5.63. The Hall–Kier alpha value is -6.06. The fourth-order valence-electron chi connectivity index (χ4n) is 7.83. The van der Waals surface area contributed by atoms with Gasteiger partial charge in [0, 0.05) is 50.1 Å². The first-order valence-electron chi connectivity index (χ1n) is 16.5. The van der Waals surface area contributed by atoms with E-state index in [0.717, 1.165) is 60.9 Å². The van der Waals surface area contributed by atoms with Gasteiger partial charge in [-0.2, -0.15) is 0 Å². The number of hydrogen-bond donors (Lipinski definition) is 0. The molecular formula is C45H31NO2. The van der Waals surface area contributed by atoms with E-state index in [0.29, 0.717) is 0 Å². The lowest BCUT2D eigenvalue weighted by Gasteiger charge is -2.28. The van der Waals surface area contributed by atoms with Crippen LogP contribution in [0.3, 0.4) is 0 Å². The lowest BCUT2D eigenvalue weighted by molar-refractivity contribution is 0.656. The van der Waals surface area contributed by atoms with Crippen molar-refractivity contribution in [3.8, 4) is 22.3 Å². The van der Waals surface area contributed by atoms with E-state index in [4.69, 9.17) is 8.83 Å². The molecule has 0 radical (unpaired) electrons. The van der Waals surface area contributed by atoms with E-state index in [2.05, 4.69) is 152 Å². The van der Waals surface area contributed by atoms with Crippen molar-refractivity contribution in [2.24, 2.45) is 0 Å². The third-order valence-corrected chi connectivity index (χ3v) is 10.3. The van der Waals surface area contributed by atoms with Crippen LogP contribution in [0.4, 0.5) is 17.1 Å². The van der Waals surface area contributed by atoms with E-state index in [1.54, 1.807) is 0 Å². The number of benzene rings is 7. The summed E-state index contributed by atoms with van der Waals surface area (Å²) in [5.74, 6) is 0. The fraction of sp³-hybridized carbons (Fsp3) is 0.0667. The molecule has 0 N–H and O–H groups in total. The Labute approximate surface area is 278 Å². The van der Waals surface area contributed by atoms with Crippen LogP contribution in [0.15, 0.2) is 160 Å². The second-order valence-corrected chi connectivity index (χ2v) is 13.4. The van der Waals surface area contributed by atoms with Crippen LogP contribution in [0.2, 0.25) is 0 Å². The zero-order valence-corrected chi connectivity index (χ0v) is 26.7. The van der Waals surface area contributed by atoms with Gasteiger partial charge in [-0.15, -0.1) is 0 Å². The van der Waals surface area contributed by atoms with E-state index in [9.17, 15) is 0 Å². The van der Waals surface area contributed by atoms with Gasteiger partial charge in [0.2, 0.25) is 0 Å². The van der Waals surface area contributed by atoms with Crippen LogP contribution in [-0.2, 0) is 5.41 Å². The predicted molar refractivity (Wildman–Crippen MR) is 199 cm³/mol. The molecule has 0 saturated carbocycles. The van der Waals surface area contributed by atoms with Gasteiger partial charge in [-0.3, -0.25) is 0 Å². The molecule has 9 aromatic rings. The van der Waals surface area contributed by atoms with Crippen LogP contribution in [-0.4, -0.2) is 0 Å². The highest BCUT2D eigenvalue weighted by atomic mass is 16.3. The van der Waals surface area contributed by atoms with E-state index in [1.807, 2.05) is 18.2 Å². The van der Waals surface area contributed by atoms with Crippen molar-refractivity contribution < 1.29 is 8.83 Å². The Morgan fingerprint density at radius 2 is 0.979 bits per heavy atom. The first kappa shape index (κ1) is 27.1. The third kappa shape index (κ3) is 3.94. The maximum atomic E-state index is 6.41. The minimum Gasteiger partial charge on any atom is -0.456 e. The van der Waals surface area contributed by atoms with Crippen LogP contribution in [0, 0.1) is 0 Å². The molecule has 3 nitrogen and oxygen atoms in total. The van der Waals surface area contributed by atoms with E-state index >= 15 is 0 Å². The summed E-state index contributed by atoms with van der Waals surface area (Å²) in [6.07, 6.45) is 0. The molecule has 0 aliphatic heterocycles. The van der Waals surface area contributed by atoms with Crippen LogP contribution in [0.25, 0.3) is 66.1 Å². The predicted octanol–water partition coefficient (Wildman–Crippen LogP) is 12.9. The largest absolute Gasteiger partial charge is 0.456 e. The van der Waals surface area contributed by atoms with Gasteiger partial charge in [-0.05, 0) is 88.0 Å². The van der Waals surface area contributed by atoms with E-state index in [-0.39, 0.29) is 5.41 Å². The Balaban J connectivity index is 1.17. The molecule has 2 heterocycles. The molecule has 228 valence electrons. The number of nitrogens with zero attached hydrogens (tertiary/aromatic N) is 1. The second-order valence-electron chi connectivity index (χ2n) is 13.4. The minimum atomic E-state index is -0.103. The molecule has 0 fully saturated rings. The molecule has 1 aliphatic carbocycles. The Bertz CT molecular complexity index is 2690. The van der Waals surface area contributed by atoms with E-state index < -0.39 is 0 Å². The summed E-state index contributed by atoms with van der Waals surface area (Å²) in [5, 5.41) is 4.37. The average Bonchev–Trinajstić information content (AvgIpc) is 3.75. The molecule has 0 atom stereocenters. The number of furan rings is 2. The number of fused-ring (bicyclic) bond motifs is 9. The lowest BCUT2D eigenvalue weighted by Crippen LogP contribution is -2.16. The zero-order chi connectivity index (χ0) is 32.0. The van der Waals surface area contributed by atoms with Crippen molar-refractivity contribution >= 4 is 60.9 Å². The van der Waals surface area contributed by atoms with Crippen LogP contribution < -0.4 is 4.90 Å². The minimum absolute atomic E-state index is 0.103. The van der Waals surface area contributed by atoms with Crippen molar-refractivity contribution in [3.63, 3.8) is 0 Å². The van der Waals surface area contributed by atoms with Crippen LogP contribution in [0.5, 0.6) is 0 Å². The van der Waals surface area contributed by atoms with Gasteiger partial charge in [-0.1, -0.05) is 105 Å². The monoisotopic (exact) mass is 617 g/mol. The molecule has 0 unspecified atom stereocenters. The number of hydrogen-bond acceptors (Lipinski definition) is 3. The maximum Gasteiger partial charge on any atom is 0.139 e. The van der Waals surface area contributed by atoms with Crippen LogP contribution in [0.1, 0.15) is 25.0 Å². The molecule has 0 saturated heterocycles. The highest BCUT2D eigenvalue weighted by Crippen LogP contribution is 2.51. The Morgan fingerprint density at radius 3 is 1.81 bits per heavy atom. The molecule has 0 amide bonds. The van der Waals surface area contributed by atoms with Gasteiger partial charge < -0.3 is 13.7 Å². The summed E-state index contributed by atoms with van der Waals surface area (Å²) in [5.41, 5.74) is 14.3. The molecule has 3 heteroatoms. The van der Waals surface area contributed by atoms with Crippen molar-refractivity contribution in [1.29, 1.82) is 0 Å². The summed E-state index contributed by atoms with van der Waals surface area (Å²) in [4.78, 5) is 2.37. The van der Waals surface area contributed by atoms with Crippen LogP contribution >= 0.6 is 0 Å². The zero-order valence-electron chi connectivity index (χ0n) is 26.7. The molecule has 10 rings (SSSR count). The second kappa shape index (κ2) is 9.97. The summed E-state index contributed by atoms with van der Waals surface area (Å²) < 4.78 is 12.6. The molecule has 1 aliphatic rings. The first-order chi connectivity index (χ1) is 23.5. The van der Waals surface area contributed by atoms with Gasteiger partial charge in [0.1, 0.15) is 22.3 Å². The normalized spacial score (nSPS) is 13.4. The smallest absolute Gasteiger partial charge is 0.139 e.